The Morgan fingerprint density at radius 1 is 1.10 bits per heavy atom. The molecule has 4 rings (SSSR count). The number of carbonyl (C=O) groups is 1. The molecule has 2 aromatic heterocycles. The predicted molar refractivity (Wildman–Crippen MR) is 145 cm³/mol. The van der Waals surface area contributed by atoms with Gasteiger partial charge in [-0.1, -0.05) is 60.4 Å². The third-order valence-electron chi connectivity index (χ3n) is 6.03. The molecule has 0 saturated heterocycles. The lowest BCUT2D eigenvalue weighted by atomic mass is 10.0. The highest BCUT2D eigenvalue weighted by molar-refractivity contribution is 6.39. The van der Waals surface area contributed by atoms with Crippen molar-refractivity contribution >= 4 is 34.9 Å². The molecular weight excluding hydrogens is 570 g/mol. The van der Waals surface area contributed by atoms with Crippen LogP contribution >= 0.6 is 23.2 Å². The number of carboxylic acid groups (broad SMARTS) is 1. The molecule has 0 spiro atoms. The van der Waals surface area contributed by atoms with Crippen molar-refractivity contribution in [2.75, 3.05) is 11.9 Å². The standard InChI is InChI=1S/C28H24Cl2F3N3O4/c1-15(2)25-18(24(35-40-25)23-19(29)8-5-9-20(23)30)14-39-22-11-10-21(26(34-22)28(31,32)33)36(3)13-16-6-4-7-17(12-16)27(37)38/h4-12,15H,13-14H2,1-3H3,(H,37,38). The molecule has 1 N–H and O–H groups in total. The molecule has 40 heavy (non-hydrogen) atoms. The Labute approximate surface area is 238 Å². The molecule has 2 heterocycles. The number of hydrogen-bond donors (Lipinski definition) is 1. The maximum absolute atomic E-state index is 14.1. The molecule has 0 aliphatic rings. The Hall–Kier alpha value is -3.76. The molecule has 0 unspecified atom stereocenters. The van der Waals surface area contributed by atoms with Crippen molar-refractivity contribution in [3.8, 4) is 17.1 Å². The highest BCUT2D eigenvalue weighted by Gasteiger charge is 2.37. The summed E-state index contributed by atoms with van der Waals surface area (Å²) in [5.41, 5.74) is 0.455. The molecule has 0 atom stereocenters. The molecule has 0 aliphatic carbocycles. The molecule has 7 nitrogen and oxygen atoms in total. The van der Waals surface area contributed by atoms with Gasteiger partial charge in [0.25, 0.3) is 0 Å². The molecule has 0 amide bonds. The number of aromatic carboxylic acids is 1. The molecule has 0 aliphatic heterocycles. The topological polar surface area (TPSA) is 88.7 Å². The number of ether oxygens (including phenoxy) is 1. The fourth-order valence-corrected chi connectivity index (χ4v) is 4.75. The minimum absolute atomic E-state index is 0.0203. The lowest BCUT2D eigenvalue weighted by Gasteiger charge is -2.23. The van der Waals surface area contributed by atoms with Gasteiger partial charge in [0.05, 0.1) is 26.9 Å². The lowest BCUT2D eigenvalue weighted by molar-refractivity contribution is -0.140. The summed E-state index contributed by atoms with van der Waals surface area (Å²) in [6, 6.07) is 13.5. The van der Waals surface area contributed by atoms with E-state index in [1.165, 1.54) is 42.3 Å². The first kappa shape index (κ1) is 29.2. The van der Waals surface area contributed by atoms with Crippen LogP contribution < -0.4 is 9.64 Å². The van der Waals surface area contributed by atoms with Crippen molar-refractivity contribution in [3.63, 3.8) is 0 Å². The summed E-state index contributed by atoms with van der Waals surface area (Å²) < 4.78 is 53.5. The average Bonchev–Trinajstić information content (AvgIpc) is 3.30. The number of pyridine rings is 1. The summed E-state index contributed by atoms with van der Waals surface area (Å²) in [6.07, 6.45) is -4.79. The number of aromatic nitrogens is 2. The number of hydrogen-bond acceptors (Lipinski definition) is 6. The molecule has 4 aromatic rings. The molecule has 2 aromatic carbocycles. The van der Waals surface area contributed by atoms with Crippen molar-refractivity contribution in [1.29, 1.82) is 0 Å². The minimum Gasteiger partial charge on any atom is -0.478 e. The van der Waals surface area contributed by atoms with Crippen LogP contribution in [0.4, 0.5) is 18.9 Å². The lowest BCUT2D eigenvalue weighted by Crippen LogP contribution is -2.22. The largest absolute Gasteiger partial charge is 0.478 e. The van der Waals surface area contributed by atoms with Crippen molar-refractivity contribution in [3.05, 3.63) is 92.8 Å². The fraction of sp³-hybridized carbons (Fsp3) is 0.250. The second-order valence-electron chi connectivity index (χ2n) is 9.29. The zero-order chi connectivity index (χ0) is 29.2. The van der Waals surface area contributed by atoms with Crippen molar-refractivity contribution in [1.82, 2.24) is 10.1 Å². The van der Waals surface area contributed by atoms with E-state index in [4.69, 9.17) is 32.5 Å². The zero-order valence-electron chi connectivity index (χ0n) is 21.6. The van der Waals surface area contributed by atoms with Gasteiger partial charge < -0.3 is 19.3 Å². The highest BCUT2D eigenvalue weighted by atomic mass is 35.5. The van der Waals surface area contributed by atoms with Gasteiger partial charge in [-0.25, -0.2) is 9.78 Å². The second kappa shape index (κ2) is 11.8. The summed E-state index contributed by atoms with van der Waals surface area (Å²) in [6.45, 7) is 3.57. The van der Waals surface area contributed by atoms with Gasteiger partial charge in [0, 0.05) is 31.1 Å². The summed E-state index contributed by atoms with van der Waals surface area (Å²) in [5.74, 6) is -1.03. The number of nitrogens with zero attached hydrogens (tertiary/aromatic N) is 3. The van der Waals surface area contributed by atoms with E-state index in [9.17, 15) is 23.1 Å². The third-order valence-corrected chi connectivity index (χ3v) is 6.66. The first-order valence-corrected chi connectivity index (χ1v) is 12.8. The normalized spacial score (nSPS) is 11.6. The number of benzene rings is 2. The summed E-state index contributed by atoms with van der Waals surface area (Å²) >= 11 is 12.7. The van der Waals surface area contributed by atoms with Crippen molar-refractivity contribution in [2.24, 2.45) is 0 Å². The van der Waals surface area contributed by atoms with Crippen molar-refractivity contribution in [2.45, 2.75) is 39.1 Å². The second-order valence-corrected chi connectivity index (χ2v) is 10.1. The Kier molecular flexibility index (Phi) is 8.60. The Morgan fingerprint density at radius 2 is 1.77 bits per heavy atom. The number of anilines is 1. The van der Waals surface area contributed by atoms with E-state index < -0.39 is 17.8 Å². The first-order chi connectivity index (χ1) is 18.9. The quantitative estimate of drug-likeness (QED) is 0.210. The number of alkyl halides is 3. The summed E-state index contributed by atoms with van der Waals surface area (Å²) in [4.78, 5) is 16.4. The molecule has 210 valence electrons. The van der Waals surface area contributed by atoms with Gasteiger partial charge in [-0.3, -0.25) is 0 Å². The van der Waals surface area contributed by atoms with Crippen LogP contribution in [0.25, 0.3) is 11.3 Å². The summed E-state index contributed by atoms with van der Waals surface area (Å²) in [7, 11) is 1.46. The maximum Gasteiger partial charge on any atom is 0.435 e. The maximum atomic E-state index is 14.1. The third kappa shape index (κ3) is 6.34. The Balaban J connectivity index is 1.64. The summed E-state index contributed by atoms with van der Waals surface area (Å²) in [5, 5.41) is 14.0. The van der Waals surface area contributed by atoms with Gasteiger partial charge in [-0.2, -0.15) is 13.2 Å². The van der Waals surface area contributed by atoms with Crippen LogP contribution in [0.2, 0.25) is 10.0 Å². The van der Waals surface area contributed by atoms with E-state index in [1.807, 2.05) is 13.8 Å². The number of carboxylic acids is 1. The highest BCUT2D eigenvalue weighted by Crippen LogP contribution is 2.40. The van der Waals surface area contributed by atoms with Gasteiger partial charge in [0.2, 0.25) is 5.88 Å². The Morgan fingerprint density at radius 3 is 2.40 bits per heavy atom. The van der Waals surface area contributed by atoms with E-state index in [0.717, 1.165) is 0 Å². The predicted octanol–water partition coefficient (Wildman–Crippen LogP) is 8.10. The molecule has 12 heteroatoms. The number of rotatable bonds is 9. The zero-order valence-corrected chi connectivity index (χ0v) is 23.1. The molecule has 0 bridgehead atoms. The van der Waals surface area contributed by atoms with Gasteiger partial charge in [-0.15, -0.1) is 0 Å². The Bertz CT molecular complexity index is 1520. The molecule has 0 saturated carbocycles. The first-order valence-electron chi connectivity index (χ1n) is 12.0. The average molecular weight is 594 g/mol. The van der Waals surface area contributed by atoms with E-state index in [1.54, 1.807) is 24.3 Å². The van der Waals surface area contributed by atoms with E-state index in [0.29, 0.717) is 38.2 Å². The van der Waals surface area contributed by atoms with Gasteiger partial charge in [0.15, 0.2) is 5.69 Å². The van der Waals surface area contributed by atoms with Crippen LogP contribution in [-0.2, 0) is 19.3 Å². The smallest absolute Gasteiger partial charge is 0.435 e. The van der Waals surface area contributed by atoms with Crippen molar-refractivity contribution < 1.29 is 32.3 Å². The van der Waals surface area contributed by atoms with E-state index >= 15 is 0 Å². The van der Waals surface area contributed by atoms with Crippen LogP contribution in [-0.4, -0.2) is 28.3 Å². The molecule has 0 fully saturated rings. The van der Waals surface area contributed by atoms with Gasteiger partial charge in [-0.05, 0) is 35.9 Å². The molecular formula is C28H24Cl2F3N3O4. The van der Waals surface area contributed by atoms with E-state index in [2.05, 4.69) is 10.1 Å². The van der Waals surface area contributed by atoms with Crippen LogP contribution in [0.1, 0.15) is 52.7 Å². The SMILES string of the molecule is CC(C)c1onc(-c2c(Cl)cccc2Cl)c1COc1ccc(N(C)Cc2cccc(C(=O)O)c2)c(C(F)(F)F)n1. The molecule has 0 radical (unpaired) electrons. The van der Waals surface area contributed by atoms with Crippen LogP contribution in [0, 0.1) is 0 Å². The van der Waals surface area contributed by atoms with Gasteiger partial charge >= 0.3 is 12.1 Å². The number of halogens is 5. The minimum atomic E-state index is -4.79. The monoisotopic (exact) mass is 593 g/mol. The van der Waals surface area contributed by atoms with E-state index in [-0.39, 0.29) is 36.2 Å². The fourth-order valence-electron chi connectivity index (χ4n) is 4.17. The van der Waals surface area contributed by atoms with Gasteiger partial charge in [0.1, 0.15) is 18.1 Å². The van der Waals surface area contributed by atoms with Crippen LogP contribution in [0.5, 0.6) is 5.88 Å². The van der Waals surface area contributed by atoms with Crippen LogP contribution in [0.15, 0.2) is 59.1 Å². The van der Waals surface area contributed by atoms with Crippen LogP contribution in [0.3, 0.4) is 0 Å².